The zero-order valence-electron chi connectivity index (χ0n) is 38.0. The van der Waals surface area contributed by atoms with E-state index in [1.165, 1.54) is 182 Å². The quantitative estimate of drug-likeness (QED) is 0.158. The van der Waals surface area contributed by atoms with E-state index < -0.39 is 0 Å². The number of benzene rings is 8. The summed E-state index contributed by atoms with van der Waals surface area (Å²) in [5.41, 5.74) is 21.1. The van der Waals surface area contributed by atoms with Crippen LogP contribution in [0.3, 0.4) is 0 Å². The van der Waals surface area contributed by atoms with Crippen LogP contribution >= 0.6 is 11.3 Å². The van der Waals surface area contributed by atoms with E-state index in [2.05, 4.69) is 182 Å². The van der Waals surface area contributed by atoms with Crippen LogP contribution in [0.1, 0.15) is 96.6 Å². The number of para-hydroxylation sites is 2. The molecule has 2 saturated carbocycles. The van der Waals surface area contributed by atoms with Crippen molar-refractivity contribution in [2.75, 3.05) is 0 Å². The molecule has 0 spiro atoms. The van der Waals surface area contributed by atoms with E-state index >= 15 is 0 Å². The summed E-state index contributed by atoms with van der Waals surface area (Å²) in [5, 5.41) is 8.18. The number of rotatable bonds is 6. The average Bonchev–Trinajstić information content (AvgIpc) is 4.19. The molecular formula is C62H54N2S. The maximum atomic E-state index is 2.51. The molecule has 0 unspecified atom stereocenters. The first-order valence-electron chi connectivity index (χ1n) is 24.1. The van der Waals surface area contributed by atoms with Gasteiger partial charge in [-0.2, -0.15) is 0 Å². The summed E-state index contributed by atoms with van der Waals surface area (Å²) < 4.78 is 7.76. The van der Waals surface area contributed by atoms with Gasteiger partial charge in [-0.1, -0.05) is 111 Å². The zero-order valence-corrected chi connectivity index (χ0v) is 38.8. The van der Waals surface area contributed by atoms with Crippen molar-refractivity contribution >= 4 is 75.1 Å². The summed E-state index contributed by atoms with van der Waals surface area (Å²) in [6.45, 7) is 9.27. The molecule has 65 heavy (non-hydrogen) atoms. The lowest BCUT2D eigenvalue weighted by Gasteiger charge is -2.15. The van der Waals surface area contributed by atoms with Gasteiger partial charge in [-0.25, -0.2) is 0 Å². The first-order chi connectivity index (χ1) is 31.9. The number of hydrogen-bond donors (Lipinski definition) is 0. The largest absolute Gasteiger partial charge is 0.309 e. The molecule has 318 valence electrons. The molecule has 0 N–H and O–H groups in total. The second-order valence-corrected chi connectivity index (χ2v) is 20.6. The third-order valence-electron chi connectivity index (χ3n) is 15.6. The summed E-state index contributed by atoms with van der Waals surface area (Å²) in [4.78, 5) is 0. The van der Waals surface area contributed by atoms with Gasteiger partial charge in [-0.15, -0.1) is 11.3 Å². The van der Waals surface area contributed by atoms with E-state index in [1.54, 1.807) is 0 Å². The Morgan fingerprint density at radius 2 is 0.800 bits per heavy atom. The SMILES string of the molecule is Cc1cc(C)c2c(sc3c(-c4cccc(-n5c6ccccc6c6cc(C7CCCC7)ccc65)c4)c(C)cc(C)c32)c1-c1cccc(-n2c3ccccc3c3cc(C4CCCC4)ccc32)c1. The number of thiophene rings is 1. The summed E-state index contributed by atoms with van der Waals surface area (Å²) in [5.74, 6) is 1.37. The Balaban J connectivity index is 0.975. The van der Waals surface area contributed by atoms with Crippen LogP contribution in [0.5, 0.6) is 0 Å². The second kappa shape index (κ2) is 15.1. The standard InChI is InChI=1S/C62H54N2S/c1-37-31-39(3)59-60-40(4)32-38(2)58(46-20-14-22-48(34-46)64-54-26-12-10-24-50(54)52-36-44(28-30-56(52)64)42-17-7-8-18-42)62(60)65-61(59)57(37)45-19-13-21-47(33-45)63-53-25-11-9-23-49(53)51-35-43(27-29-55(51)63)41-15-5-6-16-41/h9-14,19-36,41-42H,5-8,15-18H2,1-4H3. The highest BCUT2D eigenvalue weighted by Crippen LogP contribution is 2.50. The highest BCUT2D eigenvalue weighted by atomic mass is 32.1. The van der Waals surface area contributed by atoms with Gasteiger partial charge in [0.1, 0.15) is 0 Å². The summed E-state index contributed by atoms with van der Waals surface area (Å²) in [7, 11) is 0. The number of hydrogen-bond acceptors (Lipinski definition) is 1. The summed E-state index contributed by atoms with van der Waals surface area (Å²) in [6.07, 6.45) is 10.6. The molecule has 2 nitrogen and oxygen atoms in total. The van der Waals surface area contributed by atoms with Crippen molar-refractivity contribution in [3.05, 3.63) is 179 Å². The first kappa shape index (κ1) is 39.0. The van der Waals surface area contributed by atoms with Gasteiger partial charge in [0.05, 0.1) is 22.1 Å². The topological polar surface area (TPSA) is 9.86 Å². The van der Waals surface area contributed by atoms with Crippen LogP contribution in [0.15, 0.2) is 146 Å². The van der Waals surface area contributed by atoms with Crippen LogP contribution in [0.25, 0.3) is 97.4 Å². The van der Waals surface area contributed by atoms with Crippen molar-refractivity contribution < 1.29 is 0 Å². The molecule has 11 aromatic rings. The van der Waals surface area contributed by atoms with E-state index in [0.29, 0.717) is 11.8 Å². The Morgan fingerprint density at radius 3 is 1.25 bits per heavy atom. The lowest BCUT2D eigenvalue weighted by atomic mass is 9.91. The number of fused-ring (bicyclic) bond motifs is 9. The van der Waals surface area contributed by atoms with Gasteiger partial charge in [0.15, 0.2) is 0 Å². The lowest BCUT2D eigenvalue weighted by molar-refractivity contribution is 0.724. The predicted molar refractivity (Wildman–Crippen MR) is 280 cm³/mol. The molecule has 2 aliphatic carbocycles. The minimum Gasteiger partial charge on any atom is -0.309 e. The van der Waals surface area contributed by atoms with Crippen LogP contribution in [0.4, 0.5) is 0 Å². The molecule has 0 amide bonds. The van der Waals surface area contributed by atoms with Gasteiger partial charge in [0.25, 0.3) is 0 Å². The monoisotopic (exact) mass is 858 g/mol. The molecule has 0 saturated heterocycles. The van der Waals surface area contributed by atoms with Gasteiger partial charge in [0, 0.05) is 64.2 Å². The Labute approximate surface area is 385 Å². The molecule has 0 radical (unpaired) electrons. The third kappa shape index (κ3) is 6.04. The van der Waals surface area contributed by atoms with Crippen LogP contribution in [-0.4, -0.2) is 9.13 Å². The number of aryl methyl sites for hydroxylation is 4. The Bertz CT molecular complexity index is 3480. The van der Waals surface area contributed by atoms with Gasteiger partial charge in [-0.05, 0) is 170 Å². The van der Waals surface area contributed by atoms with Gasteiger partial charge in [0.2, 0.25) is 0 Å². The Hall–Kier alpha value is -6.42. The highest BCUT2D eigenvalue weighted by molar-refractivity contribution is 7.27. The molecule has 13 rings (SSSR count). The van der Waals surface area contributed by atoms with Crippen molar-refractivity contribution in [3.63, 3.8) is 0 Å². The van der Waals surface area contributed by atoms with E-state index in [9.17, 15) is 0 Å². The Morgan fingerprint density at radius 1 is 0.385 bits per heavy atom. The van der Waals surface area contributed by atoms with Gasteiger partial charge >= 0.3 is 0 Å². The normalized spacial score (nSPS) is 15.1. The molecular weight excluding hydrogens is 805 g/mol. The van der Waals surface area contributed by atoms with Crippen LogP contribution in [-0.2, 0) is 0 Å². The first-order valence-corrected chi connectivity index (χ1v) is 25.0. The fraction of sp³-hybridized carbons (Fsp3) is 0.226. The van der Waals surface area contributed by atoms with Crippen molar-refractivity contribution in [1.29, 1.82) is 0 Å². The second-order valence-electron chi connectivity index (χ2n) is 19.6. The molecule has 8 aromatic carbocycles. The van der Waals surface area contributed by atoms with E-state index in [1.807, 2.05) is 11.3 Å². The van der Waals surface area contributed by atoms with Crippen LogP contribution in [0.2, 0.25) is 0 Å². The number of aromatic nitrogens is 2. The maximum absolute atomic E-state index is 2.51. The van der Waals surface area contributed by atoms with Crippen molar-refractivity contribution in [2.45, 2.75) is 90.9 Å². The Kier molecular flexibility index (Phi) is 9.04. The van der Waals surface area contributed by atoms with Gasteiger partial charge < -0.3 is 9.13 Å². The molecule has 2 aliphatic rings. The van der Waals surface area contributed by atoms with Crippen molar-refractivity contribution in [1.82, 2.24) is 9.13 Å². The summed E-state index contributed by atoms with van der Waals surface area (Å²) in [6, 6.07) is 56.2. The van der Waals surface area contributed by atoms with E-state index in [-0.39, 0.29) is 0 Å². The molecule has 0 bridgehead atoms. The predicted octanol–water partition coefficient (Wildman–Crippen LogP) is 18.1. The lowest BCUT2D eigenvalue weighted by Crippen LogP contribution is -1.96. The minimum atomic E-state index is 0.685. The molecule has 3 aromatic heterocycles. The fourth-order valence-corrected chi connectivity index (χ4v) is 14.4. The highest BCUT2D eigenvalue weighted by Gasteiger charge is 2.24. The van der Waals surface area contributed by atoms with Crippen molar-refractivity contribution in [3.8, 4) is 33.6 Å². The molecule has 3 heteroatoms. The zero-order chi connectivity index (χ0) is 43.5. The van der Waals surface area contributed by atoms with Crippen molar-refractivity contribution in [2.24, 2.45) is 0 Å². The molecule has 3 heterocycles. The average molecular weight is 859 g/mol. The van der Waals surface area contributed by atoms with Gasteiger partial charge in [-0.3, -0.25) is 0 Å². The maximum Gasteiger partial charge on any atom is 0.0541 e. The third-order valence-corrected chi connectivity index (χ3v) is 16.9. The molecule has 2 fully saturated rings. The van der Waals surface area contributed by atoms with E-state index in [4.69, 9.17) is 0 Å². The summed E-state index contributed by atoms with van der Waals surface area (Å²) >= 11 is 1.99. The van der Waals surface area contributed by atoms with Crippen LogP contribution in [0, 0.1) is 27.7 Å². The van der Waals surface area contributed by atoms with Crippen LogP contribution < -0.4 is 0 Å². The minimum absolute atomic E-state index is 0.685. The molecule has 0 aliphatic heterocycles. The van der Waals surface area contributed by atoms with E-state index in [0.717, 1.165) is 0 Å². The smallest absolute Gasteiger partial charge is 0.0541 e. The number of nitrogens with zero attached hydrogens (tertiary/aromatic N) is 2. The molecule has 0 atom stereocenters. The fourth-order valence-electron chi connectivity index (χ4n) is 12.7.